The van der Waals surface area contributed by atoms with Gasteiger partial charge in [0.15, 0.2) is 0 Å². The Morgan fingerprint density at radius 2 is 1.39 bits per heavy atom. The van der Waals surface area contributed by atoms with E-state index in [1.807, 2.05) is 18.7 Å². The molecule has 31 heavy (non-hydrogen) atoms. The molecule has 0 spiro atoms. The predicted octanol–water partition coefficient (Wildman–Crippen LogP) is 4.35. The number of nitrogens with zero attached hydrogens (tertiary/aromatic N) is 1. The van der Waals surface area contributed by atoms with Gasteiger partial charge in [-0.2, -0.15) is 0 Å². The molecule has 0 atom stereocenters. The summed E-state index contributed by atoms with van der Waals surface area (Å²) in [4.78, 5) is 38.4. The predicted molar refractivity (Wildman–Crippen MR) is 125 cm³/mol. The fraction of sp³-hybridized carbons (Fsp3) is 0.375. The maximum atomic E-state index is 12.8. The third-order valence-corrected chi connectivity index (χ3v) is 4.61. The Balaban J connectivity index is 1.91. The smallest absolute Gasteiger partial charge is 0.253 e. The van der Waals surface area contributed by atoms with Crippen LogP contribution >= 0.6 is 0 Å². The number of benzene rings is 2. The molecule has 0 aliphatic carbocycles. The first kappa shape index (κ1) is 23.9. The molecule has 0 aromatic heterocycles. The molecular formula is C24H32N4O3. The van der Waals surface area contributed by atoms with Crippen LogP contribution < -0.4 is 16.0 Å². The number of carbonyl (C=O) groups excluding carboxylic acids is 3. The van der Waals surface area contributed by atoms with E-state index in [4.69, 9.17) is 0 Å². The number of hydrogen-bond donors (Lipinski definition) is 3. The van der Waals surface area contributed by atoms with Crippen molar-refractivity contribution in [1.29, 1.82) is 0 Å². The zero-order chi connectivity index (χ0) is 22.6. The van der Waals surface area contributed by atoms with Crippen LogP contribution in [0.1, 0.15) is 50.4 Å². The molecule has 0 saturated heterocycles. The highest BCUT2D eigenvalue weighted by molar-refractivity contribution is 5.98. The number of carbonyl (C=O) groups is 3. The van der Waals surface area contributed by atoms with Gasteiger partial charge in [0.05, 0.1) is 6.54 Å². The Kier molecular flexibility index (Phi) is 9.55. The van der Waals surface area contributed by atoms with E-state index in [-0.39, 0.29) is 24.3 Å². The Morgan fingerprint density at radius 3 is 2.00 bits per heavy atom. The van der Waals surface area contributed by atoms with Crippen LogP contribution in [0.25, 0.3) is 0 Å². The second kappa shape index (κ2) is 12.4. The first-order valence-corrected chi connectivity index (χ1v) is 10.8. The van der Waals surface area contributed by atoms with E-state index in [9.17, 15) is 14.4 Å². The second-order valence-corrected chi connectivity index (χ2v) is 7.25. The van der Waals surface area contributed by atoms with E-state index in [0.29, 0.717) is 36.4 Å². The first-order valence-electron chi connectivity index (χ1n) is 10.8. The minimum atomic E-state index is -0.216. The molecular weight excluding hydrogens is 392 g/mol. The van der Waals surface area contributed by atoms with Gasteiger partial charge in [0.25, 0.3) is 5.91 Å². The molecule has 0 saturated carbocycles. The van der Waals surface area contributed by atoms with Gasteiger partial charge in [-0.25, -0.2) is 0 Å². The average molecular weight is 425 g/mol. The van der Waals surface area contributed by atoms with Crippen LogP contribution in [0, 0.1) is 0 Å². The van der Waals surface area contributed by atoms with Crippen molar-refractivity contribution in [3.8, 4) is 0 Å². The van der Waals surface area contributed by atoms with Gasteiger partial charge in [-0.05, 0) is 55.3 Å². The molecule has 0 aliphatic heterocycles. The summed E-state index contributed by atoms with van der Waals surface area (Å²) >= 11 is 0. The van der Waals surface area contributed by atoms with Gasteiger partial charge >= 0.3 is 0 Å². The van der Waals surface area contributed by atoms with E-state index in [1.165, 1.54) is 0 Å². The lowest BCUT2D eigenvalue weighted by Crippen LogP contribution is -2.32. The Hall–Kier alpha value is -3.35. The molecule has 3 N–H and O–H groups in total. The summed E-state index contributed by atoms with van der Waals surface area (Å²) < 4.78 is 0. The van der Waals surface area contributed by atoms with Crippen LogP contribution in [0.4, 0.5) is 17.1 Å². The van der Waals surface area contributed by atoms with Crippen molar-refractivity contribution < 1.29 is 14.4 Å². The zero-order valence-electron chi connectivity index (χ0n) is 18.5. The molecule has 7 nitrogen and oxygen atoms in total. The summed E-state index contributed by atoms with van der Waals surface area (Å²) in [5.74, 6) is -0.284. The highest BCUT2D eigenvalue weighted by Crippen LogP contribution is 2.15. The molecule has 3 amide bonds. The molecule has 2 aromatic carbocycles. The molecule has 2 rings (SSSR count). The van der Waals surface area contributed by atoms with Crippen LogP contribution in [-0.2, 0) is 9.59 Å². The van der Waals surface area contributed by atoms with Gasteiger partial charge in [-0.1, -0.05) is 26.8 Å². The first-order chi connectivity index (χ1) is 15.0. The lowest BCUT2D eigenvalue weighted by atomic mass is 10.1. The maximum Gasteiger partial charge on any atom is 0.253 e. The minimum absolute atomic E-state index is 0.0202. The largest absolute Gasteiger partial charge is 0.376 e. The standard InChI is InChI=1S/C24H32N4O3/c1-4-14-28(15-5-2)24(31)18-8-7-9-21(16-18)27-23(30)17-25-19-10-12-20(13-11-19)26-22(29)6-3/h7-13,16,25H,4-6,14-15,17H2,1-3H3,(H,26,29)(H,27,30). The Morgan fingerprint density at radius 1 is 0.774 bits per heavy atom. The van der Waals surface area contributed by atoms with Gasteiger partial charge in [0.2, 0.25) is 11.8 Å². The molecule has 0 heterocycles. The van der Waals surface area contributed by atoms with E-state index in [2.05, 4.69) is 16.0 Å². The van der Waals surface area contributed by atoms with Gasteiger partial charge in [-0.3, -0.25) is 14.4 Å². The van der Waals surface area contributed by atoms with Crippen LogP contribution in [-0.4, -0.2) is 42.3 Å². The summed E-state index contributed by atoms with van der Waals surface area (Å²) in [6, 6.07) is 14.2. The number of rotatable bonds is 11. The van der Waals surface area contributed by atoms with Crippen molar-refractivity contribution in [1.82, 2.24) is 4.90 Å². The quantitative estimate of drug-likeness (QED) is 0.500. The molecule has 7 heteroatoms. The number of nitrogens with one attached hydrogen (secondary N) is 3. The van der Waals surface area contributed by atoms with Gasteiger partial charge in [-0.15, -0.1) is 0 Å². The van der Waals surface area contributed by atoms with E-state index < -0.39 is 0 Å². The van der Waals surface area contributed by atoms with Crippen LogP contribution in [0.15, 0.2) is 48.5 Å². The Labute approximate surface area is 184 Å². The third kappa shape index (κ3) is 7.77. The molecule has 0 aliphatic rings. The van der Waals surface area contributed by atoms with Crippen LogP contribution in [0.3, 0.4) is 0 Å². The summed E-state index contributed by atoms with van der Waals surface area (Å²) in [6.07, 6.45) is 2.22. The highest BCUT2D eigenvalue weighted by atomic mass is 16.2. The lowest BCUT2D eigenvalue weighted by Gasteiger charge is -2.21. The fourth-order valence-electron chi connectivity index (χ4n) is 3.08. The van der Waals surface area contributed by atoms with Crippen molar-refractivity contribution in [2.24, 2.45) is 0 Å². The average Bonchev–Trinajstić information content (AvgIpc) is 2.78. The number of anilines is 3. The van der Waals surface area contributed by atoms with E-state index >= 15 is 0 Å². The SMILES string of the molecule is CCCN(CCC)C(=O)c1cccc(NC(=O)CNc2ccc(NC(=O)CC)cc2)c1. The van der Waals surface area contributed by atoms with E-state index in [1.54, 1.807) is 55.5 Å². The van der Waals surface area contributed by atoms with Gasteiger partial charge in [0, 0.05) is 42.1 Å². The molecule has 0 fully saturated rings. The minimum Gasteiger partial charge on any atom is -0.376 e. The van der Waals surface area contributed by atoms with E-state index in [0.717, 1.165) is 18.5 Å². The molecule has 0 radical (unpaired) electrons. The van der Waals surface area contributed by atoms with Crippen LogP contribution in [0.2, 0.25) is 0 Å². The summed E-state index contributed by atoms with van der Waals surface area (Å²) in [7, 11) is 0. The van der Waals surface area contributed by atoms with Crippen molar-refractivity contribution >= 4 is 34.8 Å². The molecule has 0 bridgehead atoms. The summed E-state index contributed by atoms with van der Waals surface area (Å²) in [5, 5.41) is 8.65. The fourth-order valence-corrected chi connectivity index (χ4v) is 3.08. The van der Waals surface area contributed by atoms with Gasteiger partial charge in [0.1, 0.15) is 0 Å². The zero-order valence-corrected chi connectivity index (χ0v) is 18.5. The lowest BCUT2D eigenvalue weighted by molar-refractivity contribution is -0.116. The number of hydrogen-bond acceptors (Lipinski definition) is 4. The van der Waals surface area contributed by atoms with Crippen molar-refractivity contribution in [3.05, 3.63) is 54.1 Å². The second-order valence-electron chi connectivity index (χ2n) is 7.25. The van der Waals surface area contributed by atoms with Crippen molar-refractivity contribution in [3.63, 3.8) is 0 Å². The van der Waals surface area contributed by atoms with Crippen molar-refractivity contribution in [2.45, 2.75) is 40.0 Å². The summed E-state index contributed by atoms with van der Waals surface area (Å²) in [5.41, 5.74) is 2.63. The maximum absolute atomic E-state index is 12.8. The molecule has 166 valence electrons. The topological polar surface area (TPSA) is 90.5 Å². The molecule has 2 aromatic rings. The Bertz CT molecular complexity index is 875. The van der Waals surface area contributed by atoms with Crippen molar-refractivity contribution in [2.75, 3.05) is 35.6 Å². The highest BCUT2D eigenvalue weighted by Gasteiger charge is 2.15. The molecule has 0 unspecified atom stereocenters. The van der Waals surface area contributed by atoms with Crippen LogP contribution in [0.5, 0.6) is 0 Å². The third-order valence-electron chi connectivity index (χ3n) is 4.61. The monoisotopic (exact) mass is 424 g/mol. The van der Waals surface area contributed by atoms with Gasteiger partial charge < -0.3 is 20.9 Å². The normalized spacial score (nSPS) is 10.3. The summed E-state index contributed by atoms with van der Waals surface area (Å²) in [6.45, 7) is 7.41. The number of amides is 3.